The van der Waals surface area contributed by atoms with Gasteiger partial charge in [0.15, 0.2) is 0 Å². The number of nitrogens with one attached hydrogen (secondary N) is 1. The molecule has 2 amide bonds. The fraction of sp³-hybridized carbons (Fsp3) is 0.355. The van der Waals surface area contributed by atoms with E-state index in [0.717, 1.165) is 57.6 Å². The van der Waals surface area contributed by atoms with Gasteiger partial charge in [-0.3, -0.25) is 9.59 Å². The minimum atomic E-state index is -4.16. The second-order valence-electron chi connectivity index (χ2n) is 10.6. The Morgan fingerprint density at radius 3 is 2.14 bits per heavy atom. The van der Waals surface area contributed by atoms with Gasteiger partial charge in [0.05, 0.1) is 5.69 Å². The smallest absolute Gasteiger partial charge is 0.304 e. The molecule has 42 heavy (non-hydrogen) atoms. The van der Waals surface area contributed by atoms with Crippen LogP contribution < -0.4 is 9.62 Å². The molecular weight excluding hydrogens is 579 g/mol. The number of benzene rings is 3. The van der Waals surface area contributed by atoms with Crippen molar-refractivity contribution in [2.45, 2.75) is 50.7 Å². The van der Waals surface area contributed by atoms with Crippen molar-refractivity contribution < 1.29 is 22.4 Å². The molecule has 8 nitrogen and oxygen atoms in total. The van der Waals surface area contributed by atoms with E-state index in [-0.39, 0.29) is 30.6 Å². The van der Waals surface area contributed by atoms with Crippen LogP contribution in [0.2, 0.25) is 5.02 Å². The molecule has 11 heteroatoms. The summed E-state index contributed by atoms with van der Waals surface area (Å²) in [6.07, 6.45) is 4.02. The number of halogens is 2. The first-order valence-electron chi connectivity index (χ1n) is 13.9. The van der Waals surface area contributed by atoms with E-state index >= 15 is 0 Å². The molecule has 1 fully saturated rings. The Hall–Kier alpha value is -3.47. The van der Waals surface area contributed by atoms with Crippen LogP contribution in [0.1, 0.15) is 36.8 Å². The molecule has 0 heterocycles. The topological polar surface area (TPSA) is 90.0 Å². The lowest BCUT2D eigenvalue weighted by Gasteiger charge is -2.35. The Kier molecular flexibility index (Phi) is 10.6. The zero-order valence-corrected chi connectivity index (χ0v) is 25.3. The highest BCUT2D eigenvalue weighted by Gasteiger charge is 2.35. The zero-order chi connectivity index (χ0) is 30.3. The van der Waals surface area contributed by atoms with Gasteiger partial charge in [-0.1, -0.05) is 66.9 Å². The number of carbonyl (C=O) groups excluding carboxylic acids is 2. The fourth-order valence-corrected chi connectivity index (χ4v) is 6.21. The number of hydrogen-bond donors (Lipinski definition) is 1. The van der Waals surface area contributed by atoms with Gasteiger partial charge < -0.3 is 10.2 Å². The first kappa shape index (κ1) is 31.5. The average Bonchev–Trinajstić information content (AvgIpc) is 3.48. The van der Waals surface area contributed by atoms with Crippen LogP contribution in [0.3, 0.4) is 0 Å². The highest BCUT2D eigenvalue weighted by molar-refractivity contribution is 7.90. The SMILES string of the molecule is CN(C)S(=O)(=O)N(CC(=O)N(Cc1ccc(Cl)cc1)C(Cc1ccccc1)C(=O)NC1CCCC1)c1ccc(F)cc1. The lowest BCUT2D eigenvalue weighted by Crippen LogP contribution is -2.55. The van der Waals surface area contributed by atoms with Crippen LogP contribution in [0.5, 0.6) is 0 Å². The van der Waals surface area contributed by atoms with E-state index < -0.39 is 34.5 Å². The van der Waals surface area contributed by atoms with Crippen molar-refractivity contribution in [2.75, 3.05) is 24.9 Å². The van der Waals surface area contributed by atoms with E-state index in [0.29, 0.717) is 5.02 Å². The van der Waals surface area contributed by atoms with Gasteiger partial charge in [-0.2, -0.15) is 12.7 Å². The van der Waals surface area contributed by atoms with Gasteiger partial charge in [-0.15, -0.1) is 0 Å². The molecule has 0 saturated heterocycles. The molecular formula is C31H36ClFN4O4S. The van der Waals surface area contributed by atoms with Crippen molar-refractivity contribution in [1.82, 2.24) is 14.5 Å². The Balaban J connectivity index is 1.74. The molecule has 224 valence electrons. The third kappa shape index (κ3) is 8.08. The van der Waals surface area contributed by atoms with E-state index in [1.165, 1.54) is 31.1 Å². The number of hydrogen-bond acceptors (Lipinski definition) is 4. The molecule has 3 aromatic carbocycles. The summed E-state index contributed by atoms with van der Waals surface area (Å²) in [4.78, 5) is 29.5. The first-order valence-corrected chi connectivity index (χ1v) is 15.7. The van der Waals surface area contributed by atoms with E-state index in [1.807, 2.05) is 30.3 Å². The van der Waals surface area contributed by atoms with Gasteiger partial charge in [0.2, 0.25) is 11.8 Å². The van der Waals surface area contributed by atoms with E-state index in [4.69, 9.17) is 11.6 Å². The van der Waals surface area contributed by atoms with E-state index in [2.05, 4.69) is 5.32 Å². The second-order valence-corrected chi connectivity index (χ2v) is 13.1. The van der Waals surface area contributed by atoms with E-state index in [1.54, 1.807) is 24.3 Å². The maximum Gasteiger partial charge on any atom is 0.304 e. The molecule has 0 radical (unpaired) electrons. The molecule has 1 aliphatic rings. The summed E-state index contributed by atoms with van der Waals surface area (Å²) < 4.78 is 42.4. The lowest BCUT2D eigenvalue weighted by molar-refractivity contribution is -0.140. The first-order chi connectivity index (χ1) is 20.0. The largest absolute Gasteiger partial charge is 0.352 e. The summed E-state index contributed by atoms with van der Waals surface area (Å²) in [7, 11) is -1.44. The normalized spacial score (nSPS) is 14.5. The van der Waals surface area contributed by atoms with Crippen molar-refractivity contribution in [1.29, 1.82) is 0 Å². The molecule has 1 unspecified atom stereocenters. The summed E-state index contributed by atoms with van der Waals surface area (Å²) in [5.74, 6) is -1.41. The summed E-state index contributed by atoms with van der Waals surface area (Å²) in [6, 6.07) is 20.3. The van der Waals surface area contributed by atoms with Gasteiger partial charge in [0.25, 0.3) is 0 Å². The van der Waals surface area contributed by atoms with Crippen molar-refractivity contribution >= 4 is 39.3 Å². The van der Waals surface area contributed by atoms with Gasteiger partial charge in [0, 0.05) is 38.1 Å². The van der Waals surface area contributed by atoms with Crippen LogP contribution in [-0.2, 0) is 32.8 Å². The maximum atomic E-state index is 14.2. The van der Waals surface area contributed by atoms with Gasteiger partial charge >= 0.3 is 10.2 Å². The molecule has 4 rings (SSSR count). The Bertz CT molecular complexity index is 1450. The van der Waals surface area contributed by atoms with Crippen LogP contribution in [0.15, 0.2) is 78.9 Å². The number of amides is 2. The molecule has 0 aliphatic heterocycles. The Labute approximate surface area is 252 Å². The monoisotopic (exact) mass is 614 g/mol. The molecule has 1 N–H and O–H groups in total. The number of anilines is 1. The van der Waals surface area contributed by atoms with Crippen molar-refractivity contribution in [3.05, 3.63) is 101 Å². The summed E-state index contributed by atoms with van der Waals surface area (Å²) in [5, 5.41) is 3.66. The van der Waals surface area contributed by atoms with Gasteiger partial charge in [-0.25, -0.2) is 8.70 Å². The molecule has 0 bridgehead atoms. The quantitative estimate of drug-likeness (QED) is 0.318. The highest BCUT2D eigenvalue weighted by Crippen LogP contribution is 2.24. The lowest BCUT2D eigenvalue weighted by atomic mass is 10.0. The molecule has 0 spiro atoms. The fourth-order valence-electron chi connectivity index (χ4n) is 5.03. The molecule has 0 aromatic heterocycles. The predicted molar refractivity (Wildman–Crippen MR) is 163 cm³/mol. The van der Waals surface area contributed by atoms with Crippen molar-refractivity contribution in [3.63, 3.8) is 0 Å². The van der Waals surface area contributed by atoms with Crippen LogP contribution in [0.4, 0.5) is 10.1 Å². The van der Waals surface area contributed by atoms with Gasteiger partial charge in [0.1, 0.15) is 18.4 Å². The zero-order valence-electron chi connectivity index (χ0n) is 23.7. The predicted octanol–water partition coefficient (Wildman–Crippen LogP) is 4.79. The van der Waals surface area contributed by atoms with Crippen molar-refractivity contribution in [3.8, 4) is 0 Å². The maximum absolute atomic E-state index is 14.2. The van der Waals surface area contributed by atoms with Gasteiger partial charge in [-0.05, 0) is 60.4 Å². The molecule has 1 saturated carbocycles. The third-order valence-electron chi connectivity index (χ3n) is 7.37. The van der Waals surface area contributed by atoms with E-state index in [9.17, 15) is 22.4 Å². The Morgan fingerprint density at radius 2 is 1.55 bits per heavy atom. The standard InChI is InChI=1S/C31H36ClFN4O4S/c1-35(2)42(40,41)37(28-18-16-26(33)17-19-28)22-30(38)36(21-24-12-14-25(32)15-13-24)29(20-23-8-4-3-5-9-23)31(39)34-27-10-6-7-11-27/h3-5,8-9,12-19,27,29H,6-7,10-11,20-22H2,1-2H3,(H,34,39). The third-order valence-corrected chi connectivity index (χ3v) is 9.44. The summed E-state index contributed by atoms with van der Waals surface area (Å²) in [5.41, 5.74) is 1.71. The number of nitrogens with zero attached hydrogens (tertiary/aromatic N) is 3. The summed E-state index contributed by atoms with van der Waals surface area (Å²) in [6.45, 7) is -0.549. The van der Waals surface area contributed by atoms with Crippen LogP contribution in [-0.4, -0.2) is 62.2 Å². The Morgan fingerprint density at radius 1 is 0.929 bits per heavy atom. The van der Waals surface area contributed by atoms with Crippen LogP contribution in [0.25, 0.3) is 0 Å². The average molecular weight is 615 g/mol. The summed E-state index contributed by atoms with van der Waals surface area (Å²) >= 11 is 6.10. The highest BCUT2D eigenvalue weighted by atomic mass is 35.5. The van der Waals surface area contributed by atoms with Crippen LogP contribution >= 0.6 is 11.6 Å². The number of carbonyl (C=O) groups is 2. The van der Waals surface area contributed by atoms with Crippen LogP contribution in [0, 0.1) is 5.82 Å². The number of rotatable bonds is 12. The van der Waals surface area contributed by atoms with Crippen molar-refractivity contribution in [2.24, 2.45) is 0 Å². The molecule has 3 aromatic rings. The molecule has 1 atom stereocenters. The second kappa shape index (κ2) is 14.1. The minimum Gasteiger partial charge on any atom is -0.352 e. The molecule has 1 aliphatic carbocycles. The minimum absolute atomic E-state index is 0.0214.